The van der Waals surface area contributed by atoms with Gasteiger partial charge in [-0.3, -0.25) is 0 Å². The maximum atomic E-state index is 13.3. The molecule has 0 aliphatic carbocycles. The zero-order chi connectivity index (χ0) is 11.5. The van der Waals surface area contributed by atoms with Gasteiger partial charge in [0.2, 0.25) is 10.0 Å². The molecule has 0 aromatic heterocycles. The van der Waals surface area contributed by atoms with Gasteiger partial charge in [0.25, 0.3) is 0 Å². The lowest BCUT2D eigenvalue weighted by Crippen LogP contribution is -2.12. The van der Waals surface area contributed by atoms with Crippen molar-refractivity contribution in [3.05, 3.63) is 36.7 Å². The Morgan fingerprint density at radius 2 is 2.20 bits per heavy atom. The first kappa shape index (κ1) is 11.7. The van der Waals surface area contributed by atoms with Crippen LogP contribution in [0.1, 0.15) is 0 Å². The number of nitrogens with two attached hydrogens (primary N) is 1. The summed E-state index contributed by atoms with van der Waals surface area (Å²) >= 11 is 0. The molecule has 0 aliphatic heterocycles. The Morgan fingerprint density at radius 1 is 1.53 bits per heavy atom. The standard InChI is InChI=1S/C9H11FN2O2S/c1-2-5-12-9-4-3-7(6-8(9)10)15(11,13)14/h2-4,6,12H,1,5H2,(H2,11,13,14). The molecule has 0 radical (unpaired) electrons. The molecule has 15 heavy (non-hydrogen) atoms. The van der Waals surface area contributed by atoms with Gasteiger partial charge in [-0.25, -0.2) is 17.9 Å². The number of nitrogens with one attached hydrogen (secondary N) is 1. The van der Waals surface area contributed by atoms with Crippen LogP contribution < -0.4 is 10.5 Å². The number of primary sulfonamides is 1. The number of hydrogen-bond acceptors (Lipinski definition) is 3. The maximum absolute atomic E-state index is 13.3. The molecule has 0 spiro atoms. The lowest BCUT2D eigenvalue weighted by atomic mass is 10.3. The van der Waals surface area contributed by atoms with Gasteiger partial charge in [-0.2, -0.15) is 0 Å². The van der Waals surface area contributed by atoms with Crippen molar-refractivity contribution in [2.45, 2.75) is 4.90 Å². The number of anilines is 1. The number of rotatable bonds is 4. The molecular formula is C9H11FN2O2S. The highest BCUT2D eigenvalue weighted by molar-refractivity contribution is 7.89. The highest BCUT2D eigenvalue weighted by atomic mass is 32.2. The summed E-state index contributed by atoms with van der Waals surface area (Å²) in [5.41, 5.74) is 0.210. The first-order chi connectivity index (χ1) is 6.95. The van der Waals surface area contributed by atoms with E-state index in [0.717, 1.165) is 6.07 Å². The van der Waals surface area contributed by atoms with Crippen LogP contribution in [-0.2, 0) is 10.0 Å². The van der Waals surface area contributed by atoms with E-state index >= 15 is 0 Å². The lowest BCUT2D eigenvalue weighted by molar-refractivity contribution is 0.593. The molecule has 1 aromatic rings. The van der Waals surface area contributed by atoms with Gasteiger partial charge < -0.3 is 5.32 Å². The molecule has 0 fully saturated rings. The quantitative estimate of drug-likeness (QED) is 0.760. The molecule has 0 saturated carbocycles. The Bertz CT molecular complexity index is 471. The van der Waals surface area contributed by atoms with E-state index < -0.39 is 15.8 Å². The summed E-state index contributed by atoms with van der Waals surface area (Å²) in [4.78, 5) is -0.246. The topological polar surface area (TPSA) is 72.2 Å². The highest BCUT2D eigenvalue weighted by Crippen LogP contribution is 2.17. The van der Waals surface area contributed by atoms with E-state index in [1.807, 2.05) is 0 Å². The molecule has 0 atom stereocenters. The smallest absolute Gasteiger partial charge is 0.238 e. The van der Waals surface area contributed by atoms with E-state index in [1.54, 1.807) is 6.08 Å². The second-order valence-electron chi connectivity index (χ2n) is 2.86. The molecule has 0 bridgehead atoms. The van der Waals surface area contributed by atoms with Gasteiger partial charge in [0, 0.05) is 6.54 Å². The van der Waals surface area contributed by atoms with Crippen LogP contribution in [0.3, 0.4) is 0 Å². The molecule has 0 amide bonds. The molecule has 0 unspecified atom stereocenters. The van der Waals surface area contributed by atoms with E-state index in [0.29, 0.717) is 6.54 Å². The van der Waals surface area contributed by atoms with Gasteiger partial charge in [-0.05, 0) is 18.2 Å². The van der Waals surface area contributed by atoms with Crippen LogP contribution >= 0.6 is 0 Å². The minimum Gasteiger partial charge on any atom is -0.379 e. The first-order valence-corrected chi connectivity index (χ1v) is 5.67. The van der Waals surface area contributed by atoms with Crippen LogP contribution in [0.15, 0.2) is 35.7 Å². The summed E-state index contributed by atoms with van der Waals surface area (Å²) in [7, 11) is -3.85. The largest absolute Gasteiger partial charge is 0.379 e. The van der Waals surface area contributed by atoms with Crippen molar-refractivity contribution in [3.8, 4) is 0 Å². The van der Waals surface area contributed by atoms with Crippen molar-refractivity contribution in [1.29, 1.82) is 0 Å². The van der Waals surface area contributed by atoms with Crippen LogP contribution in [0.2, 0.25) is 0 Å². The second-order valence-corrected chi connectivity index (χ2v) is 4.42. The first-order valence-electron chi connectivity index (χ1n) is 4.12. The van der Waals surface area contributed by atoms with Crippen molar-refractivity contribution in [1.82, 2.24) is 0 Å². The third kappa shape index (κ3) is 3.03. The molecular weight excluding hydrogens is 219 g/mol. The molecule has 6 heteroatoms. The third-order valence-corrected chi connectivity index (χ3v) is 2.62. The fraction of sp³-hybridized carbons (Fsp3) is 0.111. The number of hydrogen-bond donors (Lipinski definition) is 2. The van der Waals surface area contributed by atoms with Crippen molar-refractivity contribution in [2.24, 2.45) is 5.14 Å². The normalized spacial score (nSPS) is 11.1. The number of sulfonamides is 1. The molecule has 82 valence electrons. The number of halogens is 1. The fourth-order valence-corrected chi connectivity index (χ4v) is 1.52. The van der Waals surface area contributed by atoms with Gasteiger partial charge in [-0.15, -0.1) is 6.58 Å². The maximum Gasteiger partial charge on any atom is 0.238 e. The van der Waals surface area contributed by atoms with Crippen LogP contribution in [0, 0.1) is 5.82 Å². The lowest BCUT2D eigenvalue weighted by Gasteiger charge is -2.05. The SMILES string of the molecule is C=CCNc1ccc(S(N)(=O)=O)cc1F. The summed E-state index contributed by atoms with van der Waals surface area (Å²) in [5, 5.41) is 7.56. The van der Waals surface area contributed by atoms with Gasteiger partial charge in [0.1, 0.15) is 5.82 Å². The van der Waals surface area contributed by atoms with Gasteiger partial charge in [0.15, 0.2) is 0 Å². The monoisotopic (exact) mass is 230 g/mol. The fourth-order valence-electron chi connectivity index (χ4n) is 0.998. The molecule has 3 N–H and O–H groups in total. The van der Waals surface area contributed by atoms with Gasteiger partial charge in [-0.1, -0.05) is 6.08 Å². The van der Waals surface area contributed by atoms with E-state index in [2.05, 4.69) is 11.9 Å². The average molecular weight is 230 g/mol. The predicted molar refractivity (Wildman–Crippen MR) is 56.5 cm³/mol. The molecule has 1 rings (SSSR count). The van der Waals surface area contributed by atoms with E-state index in [1.165, 1.54) is 12.1 Å². The summed E-state index contributed by atoms with van der Waals surface area (Å²) in [5.74, 6) is -0.664. The van der Waals surface area contributed by atoms with Crippen molar-refractivity contribution in [2.75, 3.05) is 11.9 Å². The Morgan fingerprint density at radius 3 is 2.67 bits per heavy atom. The van der Waals surface area contributed by atoms with Crippen LogP contribution in [0.4, 0.5) is 10.1 Å². The third-order valence-electron chi connectivity index (χ3n) is 1.71. The summed E-state index contributed by atoms with van der Waals surface area (Å²) in [6, 6.07) is 3.43. The number of benzene rings is 1. The van der Waals surface area contributed by atoms with Crippen LogP contribution in [0.5, 0.6) is 0 Å². The van der Waals surface area contributed by atoms with Crippen LogP contribution in [0.25, 0.3) is 0 Å². The van der Waals surface area contributed by atoms with Crippen molar-refractivity contribution < 1.29 is 12.8 Å². The Balaban J connectivity index is 3.03. The minimum absolute atomic E-state index is 0.210. The summed E-state index contributed by atoms with van der Waals surface area (Å²) in [6.07, 6.45) is 1.56. The van der Waals surface area contributed by atoms with E-state index in [-0.39, 0.29) is 10.6 Å². The second kappa shape index (κ2) is 4.41. The Labute approximate surface area is 87.7 Å². The Hall–Kier alpha value is -1.40. The van der Waals surface area contributed by atoms with Crippen molar-refractivity contribution in [3.63, 3.8) is 0 Å². The van der Waals surface area contributed by atoms with Gasteiger partial charge in [0.05, 0.1) is 10.6 Å². The van der Waals surface area contributed by atoms with Crippen molar-refractivity contribution >= 4 is 15.7 Å². The highest BCUT2D eigenvalue weighted by Gasteiger charge is 2.10. The zero-order valence-electron chi connectivity index (χ0n) is 7.90. The Kier molecular flexibility index (Phi) is 3.43. The zero-order valence-corrected chi connectivity index (χ0v) is 8.72. The minimum atomic E-state index is -3.85. The van der Waals surface area contributed by atoms with Gasteiger partial charge >= 0.3 is 0 Å². The van der Waals surface area contributed by atoms with E-state index in [4.69, 9.17) is 5.14 Å². The molecule has 0 heterocycles. The molecule has 0 aliphatic rings. The summed E-state index contributed by atoms with van der Waals surface area (Å²) < 4.78 is 35.1. The van der Waals surface area contributed by atoms with E-state index in [9.17, 15) is 12.8 Å². The molecule has 0 saturated heterocycles. The van der Waals surface area contributed by atoms with Crippen LogP contribution in [-0.4, -0.2) is 15.0 Å². The predicted octanol–water partition coefficient (Wildman–Crippen LogP) is 1.07. The molecule has 4 nitrogen and oxygen atoms in total. The summed E-state index contributed by atoms with van der Waals surface area (Å²) in [6.45, 7) is 3.86. The molecule has 1 aromatic carbocycles. The average Bonchev–Trinajstić information content (AvgIpc) is 2.14.